The van der Waals surface area contributed by atoms with E-state index in [2.05, 4.69) is 46.7 Å². The quantitative estimate of drug-likeness (QED) is 0.294. The van der Waals surface area contributed by atoms with Gasteiger partial charge in [0.15, 0.2) is 16.7 Å². The molecule has 0 radical (unpaired) electrons. The van der Waals surface area contributed by atoms with Crippen LogP contribution in [0.5, 0.6) is 17.2 Å². The smallest absolute Gasteiger partial charge is 0.338 e. The molecular formula is C31H30N2O5S. The molecule has 0 spiro atoms. The van der Waals surface area contributed by atoms with Gasteiger partial charge in [0.25, 0.3) is 0 Å². The Balaban J connectivity index is 1.63. The number of nitrogens with zero attached hydrogens (tertiary/aromatic N) is 2. The number of hydrogen-bond acceptors (Lipinski definition) is 8. The molecular weight excluding hydrogens is 512 g/mol. The van der Waals surface area contributed by atoms with Crippen LogP contribution in [0.2, 0.25) is 0 Å². The van der Waals surface area contributed by atoms with Crippen LogP contribution in [0.1, 0.15) is 31.0 Å². The number of esters is 1. The summed E-state index contributed by atoms with van der Waals surface area (Å²) in [6.45, 7) is 3.90. The van der Waals surface area contributed by atoms with Gasteiger partial charge in [0.1, 0.15) is 0 Å². The minimum atomic E-state index is -0.527. The van der Waals surface area contributed by atoms with Gasteiger partial charge in [-0.25, -0.2) is 9.79 Å². The molecule has 0 aliphatic carbocycles. The molecule has 0 fully saturated rings. The molecule has 0 N–H and O–H groups in total. The van der Waals surface area contributed by atoms with Crippen molar-refractivity contribution in [2.75, 3.05) is 27.9 Å². The van der Waals surface area contributed by atoms with E-state index in [0.717, 1.165) is 33.1 Å². The molecule has 5 rings (SSSR count). The maximum Gasteiger partial charge on any atom is 0.338 e. The number of carbonyl (C=O) groups is 1. The molecule has 3 aromatic rings. The lowest BCUT2D eigenvalue weighted by molar-refractivity contribution is -0.139. The second kappa shape index (κ2) is 11.3. The van der Waals surface area contributed by atoms with Crippen LogP contribution in [-0.2, 0) is 9.53 Å². The zero-order chi connectivity index (χ0) is 27.5. The largest absolute Gasteiger partial charge is 0.493 e. The van der Waals surface area contributed by atoms with Crippen molar-refractivity contribution in [3.8, 4) is 28.4 Å². The Morgan fingerprint density at radius 1 is 0.897 bits per heavy atom. The van der Waals surface area contributed by atoms with Crippen LogP contribution in [-0.4, -0.2) is 44.0 Å². The minimum Gasteiger partial charge on any atom is -0.493 e. The number of amidine groups is 1. The average Bonchev–Trinajstić information content (AvgIpc) is 3.39. The average molecular weight is 543 g/mol. The van der Waals surface area contributed by atoms with Gasteiger partial charge in [-0.2, -0.15) is 0 Å². The molecule has 200 valence electrons. The first kappa shape index (κ1) is 26.4. The topological polar surface area (TPSA) is 69.6 Å². The molecule has 0 amide bonds. The third kappa shape index (κ3) is 4.88. The van der Waals surface area contributed by atoms with Crippen LogP contribution in [0.25, 0.3) is 16.8 Å². The molecule has 2 heterocycles. The summed E-state index contributed by atoms with van der Waals surface area (Å²) < 4.78 is 22.4. The lowest BCUT2D eigenvalue weighted by Crippen LogP contribution is -2.36. The number of fused-ring (bicyclic) bond motifs is 1. The first-order chi connectivity index (χ1) is 19.0. The van der Waals surface area contributed by atoms with Crippen molar-refractivity contribution in [2.24, 2.45) is 4.99 Å². The van der Waals surface area contributed by atoms with Crippen LogP contribution in [0.3, 0.4) is 0 Å². The van der Waals surface area contributed by atoms with Crippen LogP contribution in [0.4, 0.5) is 0 Å². The summed E-state index contributed by atoms with van der Waals surface area (Å²) in [6.07, 6.45) is 0. The van der Waals surface area contributed by atoms with Gasteiger partial charge >= 0.3 is 5.97 Å². The van der Waals surface area contributed by atoms with E-state index >= 15 is 0 Å². The van der Waals surface area contributed by atoms with Crippen molar-refractivity contribution in [1.82, 2.24) is 4.90 Å². The lowest BCUT2D eigenvalue weighted by atomic mass is 9.92. The number of hydrogen-bond donors (Lipinski definition) is 0. The summed E-state index contributed by atoms with van der Waals surface area (Å²) in [5, 5.41) is 2.85. The molecule has 8 heteroatoms. The number of benzene rings is 3. The number of allylic oxidation sites excluding steroid dienone is 1. The van der Waals surface area contributed by atoms with Gasteiger partial charge < -0.3 is 23.8 Å². The first-order valence-corrected chi connectivity index (χ1v) is 13.5. The van der Waals surface area contributed by atoms with Crippen molar-refractivity contribution in [3.63, 3.8) is 0 Å². The Kier molecular flexibility index (Phi) is 7.65. The van der Waals surface area contributed by atoms with E-state index in [1.807, 2.05) is 37.3 Å². The SMILES string of the molecule is CCOC(=O)C1=C(C)N=C2SC=C(c3ccc(-c4ccccc4)cc3)N2[C@@H]1c1cc(OC)c(OC)c(OC)c1. The fourth-order valence-corrected chi connectivity index (χ4v) is 5.87. The summed E-state index contributed by atoms with van der Waals surface area (Å²) in [5.74, 6) is 1.07. The molecule has 3 aromatic carbocycles. The molecule has 2 aliphatic rings. The molecule has 2 aliphatic heterocycles. The monoisotopic (exact) mass is 542 g/mol. The number of carbonyl (C=O) groups excluding carboxylic acids is 1. The predicted octanol–water partition coefficient (Wildman–Crippen LogP) is 6.67. The van der Waals surface area contributed by atoms with Gasteiger partial charge in [0, 0.05) is 5.41 Å². The molecule has 39 heavy (non-hydrogen) atoms. The van der Waals surface area contributed by atoms with Crippen molar-refractivity contribution in [3.05, 3.63) is 94.5 Å². The molecule has 0 saturated heterocycles. The van der Waals surface area contributed by atoms with Crippen molar-refractivity contribution in [2.45, 2.75) is 19.9 Å². The van der Waals surface area contributed by atoms with E-state index < -0.39 is 12.0 Å². The number of rotatable bonds is 8. The predicted molar refractivity (Wildman–Crippen MR) is 155 cm³/mol. The second-order valence-corrected chi connectivity index (χ2v) is 9.75. The van der Waals surface area contributed by atoms with E-state index in [1.165, 1.54) is 11.8 Å². The van der Waals surface area contributed by atoms with Crippen LogP contribution in [0.15, 0.2) is 88.4 Å². The molecule has 0 bridgehead atoms. The molecule has 7 nitrogen and oxygen atoms in total. The Morgan fingerprint density at radius 3 is 2.10 bits per heavy atom. The number of aliphatic imine (C=N–C) groups is 1. The molecule has 0 aromatic heterocycles. The molecule has 0 unspecified atom stereocenters. The zero-order valence-electron chi connectivity index (χ0n) is 22.6. The van der Waals surface area contributed by atoms with Gasteiger partial charge in [-0.1, -0.05) is 66.4 Å². The number of thioether (sulfide) groups is 1. The first-order valence-electron chi connectivity index (χ1n) is 12.6. The highest BCUT2D eigenvalue weighted by atomic mass is 32.2. The summed E-state index contributed by atoms with van der Waals surface area (Å²) in [6, 6.07) is 21.9. The summed E-state index contributed by atoms with van der Waals surface area (Å²) in [7, 11) is 4.72. The lowest BCUT2D eigenvalue weighted by Gasteiger charge is -2.36. The fraction of sp³-hybridized carbons (Fsp3) is 0.226. The van der Waals surface area contributed by atoms with E-state index in [4.69, 9.17) is 23.9 Å². The maximum atomic E-state index is 13.4. The Morgan fingerprint density at radius 2 is 1.51 bits per heavy atom. The van der Waals surface area contributed by atoms with Crippen molar-refractivity contribution in [1.29, 1.82) is 0 Å². The van der Waals surface area contributed by atoms with Crippen LogP contribution in [0, 0.1) is 0 Å². The third-order valence-electron chi connectivity index (χ3n) is 6.71. The van der Waals surface area contributed by atoms with E-state index in [0.29, 0.717) is 28.5 Å². The Bertz CT molecular complexity index is 1450. The number of methoxy groups -OCH3 is 3. The van der Waals surface area contributed by atoms with E-state index in [1.54, 1.807) is 28.3 Å². The van der Waals surface area contributed by atoms with Crippen molar-refractivity contribution >= 4 is 28.6 Å². The van der Waals surface area contributed by atoms with Gasteiger partial charge in [-0.15, -0.1) is 0 Å². The van der Waals surface area contributed by atoms with Crippen molar-refractivity contribution < 1.29 is 23.7 Å². The Labute approximate surface area is 232 Å². The normalized spacial score (nSPS) is 16.3. The third-order valence-corrected chi connectivity index (χ3v) is 7.55. The number of ether oxygens (including phenoxy) is 4. The zero-order valence-corrected chi connectivity index (χ0v) is 23.4. The van der Waals surface area contributed by atoms with Gasteiger partial charge in [0.05, 0.1) is 50.9 Å². The maximum absolute atomic E-state index is 13.4. The summed E-state index contributed by atoms with van der Waals surface area (Å²) >= 11 is 1.53. The summed E-state index contributed by atoms with van der Waals surface area (Å²) in [5.41, 5.74) is 6.08. The van der Waals surface area contributed by atoms with Gasteiger partial charge in [-0.3, -0.25) is 0 Å². The van der Waals surface area contributed by atoms with Gasteiger partial charge in [-0.05, 0) is 48.2 Å². The molecule has 1 atom stereocenters. The van der Waals surface area contributed by atoms with E-state index in [-0.39, 0.29) is 6.61 Å². The molecule has 0 saturated carbocycles. The highest BCUT2D eigenvalue weighted by molar-refractivity contribution is 8.16. The van der Waals surface area contributed by atoms with Gasteiger partial charge in [0.2, 0.25) is 5.75 Å². The fourth-order valence-electron chi connectivity index (χ4n) is 4.90. The van der Waals surface area contributed by atoms with E-state index in [9.17, 15) is 4.79 Å². The second-order valence-electron chi connectivity index (χ2n) is 8.91. The highest BCUT2D eigenvalue weighted by Crippen LogP contribution is 2.50. The van der Waals surface area contributed by atoms with Crippen LogP contribution < -0.4 is 14.2 Å². The minimum absolute atomic E-state index is 0.257. The summed E-state index contributed by atoms with van der Waals surface area (Å²) in [4.78, 5) is 20.3. The standard InChI is InChI=1S/C31H30N2O5S/c1-6-38-30(34)27-19(2)32-31-33(28(27)23-16-25(35-3)29(37-5)26(17-23)36-4)24(18-39-31)22-14-12-21(13-15-22)20-10-8-7-9-11-20/h7-18,28H,6H2,1-5H3/t28-/m1/s1. The van der Waals surface area contributed by atoms with Crippen LogP contribution >= 0.6 is 11.8 Å². The highest BCUT2D eigenvalue weighted by Gasteiger charge is 2.42. The Hall–Kier alpha value is -4.17.